The van der Waals surface area contributed by atoms with Gasteiger partial charge >= 0.3 is 0 Å². The molecule has 3 N–H and O–H groups in total. The highest BCUT2D eigenvalue weighted by Crippen LogP contribution is 2.32. The molecule has 0 amide bonds. The molecular weight excluding hydrogens is 492 g/mol. The molecule has 2 aromatic carbocycles. The second-order valence-electron chi connectivity index (χ2n) is 6.52. The molecule has 2 heterocycles. The number of ether oxygens (including phenoxy) is 4. The van der Waals surface area contributed by atoms with E-state index in [2.05, 4.69) is 10.3 Å². The molecule has 29 heavy (non-hydrogen) atoms. The Morgan fingerprint density at radius 2 is 1.93 bits per heavy atom. The Bertz CT molecular complexity index is 894. The van der Waals surface area contributed by atoms with Crippen molar-refractivity contribution in [3.63, 3.8) is 0 Å². The molecule has 0 fully saturated rings. The molecule has 0 radical (unpaired) electrons. The average molecular weight is 515 g/mol. The predicted molar refractivity (Wildman–Crippen MR) is 118 cm³/mol. The van der Waals surface area contributed by atoms with Gasteiger partial charge in [-0.1, -0.05) is 0 Å². The Balaban J connectivity index is 0.00000240. The maximum atomic E-state index is 13.8. The van der Waals surface area contributed by atoms with E-state index in [-0.39, 0.29) is 42.5 Å². The summed E-state index contributed by atoms with van der Waals surface area (Å²) >= 11 is 0. The van der Waals surface area contributed by atoms with Crippen molar-refractivity contribution in [2.75, 3.05) is 31.9 Å². The summed E-state index contributed by atoms with van der Waals surface area (Å²) in [5.41, 5.74) is 8.21. The number of rotatable bonds is 4. The van der Waals surface area contributed by atoms with E-state index in [1.165, 1.54) is 12.1 Å². The highest BCUT2D eigenvalue weighted by molar-refractivity contribution is 14.0. The molecule has 0 saturated carbocycles. The molecule has 0 bridgehead atoms. The highest BCUT2D eigenvalue weighted by atomic mass is 127. The maximum Gasteiger partial charge on any atom is 0.193 e. The Hall–Kier alpha value is -2.27. The van der Waals surface area contributed by atoms with E-state index in [9.17, 15) is 4.39 Å². The Kier molecular flexibility index (Phi) is 7.37. The van der Waals surface area contributed by atoms with Crippen LogP contribution in [0, 0.1) is 5.82 Å². The first-order valence-corrected chi connectivity index (χ1v) is 9.17. The summed E-state index contributed by atoms with van der Waals surface area (Å²) < 4.78 is 35.8. The van der Waals surface area contributed by atoms with Gasteiger partial charge in [-0.3, -0.25) is 4.99 Å². The molecule has 2 aliphatic rings. The molecule has 0 unspecified atom stereocenters. The topological polar surface area (TPSA) is 87.3 Å². The Morgan fingerprint density at radius 1 is 1.10 bits per heavy atom. The van der Waals surface area contributed by atoms with Crippen LogP contribution in [0.1, 0.15) is 17.5 Å². The van der Waals surface area contributed by atoms with Crippen LogP contribution in [-0.2, 0) is 17.8 Å². The molecular formula is C20H23FIN3O4. The van der Waals surface area contributed by atoms with Crippen molar-refractivity contribution in [2.24, 2.45) is 10.7 Å². The van der Waals surface area contributed by atoms with Crippen molar-refractivity contribution < 1.29 is 23.3 Å². The lowest BCUT2D eigenvalue weighted by Gasteiger charge is -2.20. The summed E-state index contributed by atoms with van der Waals surface area (Å²) in [7, 11) is 0. The largest absolute Gasteiger partial charge is 0.490 e. The van der Waals surface area contributed by atoms with Gasteiger partial charge in [-0.25, -0.2) is 4.39 Å². The molecule has 0 spiro atoms. The number of halogens is 2. The normalized spacial score (nSPS) is 15.4. The zero-order chi connectivity index (χ0) is 19.3. The van der Waals surface area contributed by atoms with E-state index < -0.39 is 0 Å². The van der Waals surface area contributed by atoms with Gasteiger partial charge in [0.05, 0.1) is 19.8 Å². The SMILES string of the molecule is I.NC(=NCCc1cc(F)cc2c1OCOC2)Nc1ccc2c(c1)OCCCO2. The number of benzene rings is 2. The van der Waals surface area contributed by atoms with E-state index >= 15 is 0 Å². The number of hydrogen-bond acceptors (Lipinski definition) is 5. The first-order valence-electron chi connectivity index (χ1n) is 9.17. The molecule has 2 aromatic rings. The molecule has 4 rings (SSSR count). The highest BCUT2D eigenvalue weighted by Gasteiger charge is 2.16. The van der Waals surface area contributed by atoms with Crippen molar-refractivity contribution >= 4 is 35.6 Å². The van der Waals surface area contributed by atoms with Crippen LogP contribution in [-0.4, -0.2) is 32.5 Å². The number of fused-ring (bicyclic) bond motifs is 2. The third-order valence-corrected chi connectivity index (χ3v) is 4.43. The van der Waals surface area contributed by atoms with Gasteiger partial charge in [0.2, 0.25) is 0 Å². The van der Waals surface area contributed by atoms with Crippen LogP contribution in [0.3, 0.4) is 0 Å². The molecule has 0 aromatic heterocycles. The van der Waals surface area contributed by atoms with Crippen LogP contribution in [0.4, 0.5) is 10.1 Å². The number of nitrogens with one attached hydrogen (secondary N) is 1. The van der Waals surface area contributed by atoms with E-state index in [0.717, 1.165) is 23.4 Å². The zero-order valence-electron chi connectivity index (χ0n) is 15.8. The maximum absolute atomic E-state index is 13.8. The predicted octanol–water partition coefficient (Wildman–Crippen LogP) is 3.44. The molecule has 0 saturated heterocycles. The Labute approximate surface area is 185 Å². The summed E-state index contributed by atoms with van der Waals surface area (Å²) in [5.74, 6) is 2.03. The van der Waals surface area contributed by atoms with Gasteiger partial charge in [0.15, 0.2) is 24.3 Å². The number of guanidine groups is 1. The molecule has 2 aliphatic heterocycles. The second kappa shape index (κ2) is 9.97. The number of nitrogens with two attached hydrogens (primary N) is 1. The van der Waals surface area contributed by atoms with E-state index in [1.807, 2.05) is 18.2 Å². The van der Waals surface area contributed by atoms with E-state index in [0.29, 0.717) is 49.8 Å². The molecule has 0 aliphatic carbocycles. The lowest BCUT2D eigenvalue weighted by molar-refractivity contribution is -0.0172. The van der Waals surface area contributed by atoms with Crippen LogP contribution in [0.5, 0.6) is 17.2 Å². The number of anilines is 1. The third-order valence-electron chi connectivity index (χ3n) is 4.43. The van der Waals surface area contributed by atoms with E-state index in [1.54, 1.807) is 0 Å². The van der Waals surface area contributed by atoms with Crippen molar-refractivity contribution in [2.45, 2.75) is 19.4 Å². The second-order valence-corrected chi connectivity index (χ2v) is 6.52. The number of hydrogen-bond donors (Lipinski definition) is 2. The number of aliphatic imine (C=N–C) groups is 1. The van der Waals surface area contributed by atoms with Gasteiger partial charge in [0, 0.05) is 30.3 Å². The lowest BCUT2D eigenvalue weighted by atomic mass is 10.1. The third kappa shape index (κ3) is 5.41. The van der Waals surface area contributed by atoms with Crippen molar-refractivity contribution in [1.82, 2.24) is 0 Å². The summed E-state index contributed by atoms with van der Waals surface area (Å²) in [6.45, 7) is 2.16. The molecule has 7 nitrogen and oxygen atoms in total. The van der Waals surface area contributed by atoms with Crippen LogP contribution in [0.25, 0.3) is 0 Å². The lowest BCUT2D eigenvalue weighted by Crippen LogP contribution is -2.23. The van der Waals surface area contributed by atoms with Gasteiger partial charge < -0.3 is 30.0 Å². The average Bonchev–Trinajstić information content (AvgIpc) is 2.93. The van der Waals surface area contributed by atoms with Crippen molar-refractivity contribution in [1.29, 1.82) is 0 Å². The fourth-order valence-electron chi connectivity index (χ4n) is 3.17. The number of nitrogens with zero attached hydrogens (tertiary/aromatic N) is 1. The van der Waals surface area contributed by atoms with Crippen molar-refractivity contribution in [3.8, 4) is 17.2 Å². The van der Waals surface area contributed by atoms with Gasteiger partial charge in [-0.15, -0.1) is 24.0 Å². The van der Waals surface area contributed by atoms with Crippen LogP contribution in [0.2, 0.25) is 0 Å². The fraction of sp³-hybridized carbons (Fsp3) is 0.350. The summed E-state index contributed by atoms with van der Waals surface area (Å²) in [6, 6.07) is 8.43. The van der Waals surface area contributed by atoms with Gasteiger partial charge in [0.1, 0.15) is 11.6 Å². The summed E-state index contributed by atoms with van der Waals surface area (Å²) in [4.78, 5) is 4.33. The van der Waals surface area contributed by atoms with Gasteiger partial charge in [0.25, 0.3) is 0 Å². The fourth-order valence-corrected chi connectivity index (χ4v) is 3.17. The van der Waals surface area contributed by atoms with Crippen LogP contribution < -0.4 is 25.3 Å². The Morgan fingerprint density at radius 3 is 2.79 bits per heavy atom. The quantitative estimate of drug-likeness (QED) is 0.369. The molecule has 156 valence electrons. The molecule has 9 heteroatoms. The minimum Gasteiger partial charge on any atom is -0.490 e. The standard InChI is InChI=1S/C20H22FN3O4.HI/c21-15-8-13(19-14(9-15)11-25-12-28-19)4-5-23-20(22)24-16-2-3-17-18(10-16)27-7-1-6-26-17;/h2-3,8-10H,1,4-7,11-12H2,(H3,22,23,24);1H. The van der Waals surface area contributed by atoms with Crippen LogP contribution >= 0.6 is 24.0 Å². The first-order chi connectivity index (χ1) is 13.7. The summed E-state index contributed by atoms with van der Waals surface area (Å²) in [6.07, 6.45) is 1.35. The zero-order valence-corrected chi connectivity index (χ0v) is 18.1. The van der Waals surface area contributed by atoms with Crippen LogP contribution in [0.15, 0.2) is 35.3 Å². The van der Waals surface area contributed by atoms with E-state index in [4.69, 9.17) is 24.7 Å². The first kappa shape index (κ1) is 21.4. The summed E-state index contributed by atoms with van der Waals surface area (Å²) in [5, 5.41) is 3.04. The van der Waals surface area contributed by atoms with Gasteiger partial charge in [-0.2, -0.15) is 0 Å². The monoisotopic (exact) mass is 515 g/mol. The van der Waals surface area contributed by atoms with Gasteiger partial charge in [-0.05, 0) is 36.2 Å². The minimum atomic E-state index is -0.315. The minimum absolute atomic E-state index is 0. The smallest absolute Gasteiger partial charge is 0.193 e. The molecule has 0 atom stereocenters. The van der Waals surface area contributed by atoms with Crippen molar-refractivity contribution in [3.05, 3.63) is 47.3 Å².